The van der Waals surface area contributed by atoms with Crippen LogP contribution in [0.3, 0.4) is 0 Å². The Bertz CT molecular complexity index is 575. The predicted octanol–water partition coefficient (Wildman–Crippen LogP) is 1.65. The van der Waals surface area contributed by atoms with Crippen LogP contribution in [0.5, 0.6) is 0 Å². The highest BCUT2D eigenvalue weighted by Crippen LogP contribution is 2.28. The molecule has 0 saturated carbocycles. The largest absolute Gasteiger partial charge is 0.392 e. The molecule has 0 aliphatic carbocycles. The standard InChI is InChI=1S/C12H12ClN3O3/c13-8-2-1-4-14-10(8)11-15-12(19-16-11)7-6-18-5-3-9(7)17/h1-2,4,7,9,17H,3,5-6H2. The van der Waals surface area contributed by atoms with Gasteiger partial charge in [0.2, 0.25) is 11.7 Å². The van der Waals surface area contributed by atoms with Crippen molar-refractivity contribution in [2.75, 3.05) is 13.2 Å². The molecule has 3 rings (SSSR count). The number of halogens is 1. The van der Waals surface area contributed by atoms with Gasteiger partial charge in [-0.05, 0) is 18.6 Å². The topological polar surface area (TPSA) is 81.3 Å². The van der Waals surface area contributed by atoms with Crippen LogP contribution in [-0.2, 0) is 4.74 Å². The molecule has 1 fully saturated rings. The molecule has 19 heavy (non-hydrogen) atoms. The Labute approximate surface area is 114 Å². The molecule has 7 heteroatoms. The van der Waals surface area contributed by atoms with Crippen molar-refractivity contribution in [1.29, 1.82) is 0 Å². The zero-order valence-corrected chi connectivity index (χ0v) is 10.7. The Kier molecular flexibility index (Phi) is 3.46. The average Bonchev–Trinajstić information content (AvgIpc) is 2.89. The van der Waals surface area contributed by atoms with Crippen molar-refractivity contribution >= 4 is 11.6 Å². The minimum absolute atomic E-state index is 0.294. The van der Waals surface area contributed by atoms with Gasteiger partial charge >= 0.3 is 0 Å². The highest BCUT2D eigenvalue weighted by Gasteiger charge is 2.30. The zero-order chi connectivity index (χ0) is 13.2. The fourth-order valence-electron chi connectivity index (χ4n) is 1.99. The molecule has 0 aromatic carbocycles. The van der Waals surface area contributed by atoms with E-state index < -0.39 is 6.10 Å². The van der Waals surface area contributed by atoms with Crippen LogP contribution in [0.2, 0.25) is 5.02 Å². The van der Waals surface area contributed by atoms with Gasteiger partial charge in [0.25, 0.3) is 0 Å². The maximum Gasteiger partial charge on any atom is 0.235 e. The van der Waals surface area contributed by atoms with Crippen molar-refractivity contribution in [2.24, 2.45) is 0 Å². The molecule has 1 saturated heterocycles. The molecule has 2 unspecified atom stereocenters. The van der Waals surface area contributed by atoms with Gasteiger partial charge in [0.1, 0.15) is 5.69 Å². The van der Waals surface area contributed by atoms with Gasteiger partial charge in [-0.1, -0.05) is 16.8 Å². The summed E-state index contributed by atoms with van der Waals surface area (Å²) in [6.07, 6.45) is 1.64. The Morgan fingerprint density at radius 3 is 3.11 bits per heavy atom. The van der Waals surface area contributed by atoms with E-state index in [0.29, 0.717) is 42.1 Å². The van der Waals surface area contributed by atoms with E-state index in [0.717, 1.165) is 0 Å². The fourth-order valence-corrected chi connectivity index (χ4v) is 2.20. The number of pyridine rings is 1. The normalized spacial score (nSPS) is 23.5. The molecule has 0 spiro atoms. The lowest BCUT2D eigenvalue weighted by molar-refractivity contribution is -0.0149. The first kappa shape index (κ1) is 12.5. The van der Waals surface area contributed by atoms with E-state index in [1.165, 1.54) is 0 Å². The Balaban J connectivity index is 1.89. The smallest absolute Gasteiger partial charge is 0.235 e. The lowest BCUT2D eigenvalue weighted by atomic mass is 9.99. The first-order valence-corrected chi connectivity index (χ1v) is 6.34. The second-order valence-corrected chi connectivity index (χ2v) is 4.73. The van der Waals surface area contributed by atoms with Crippen LogP contribution in [0.1, 0.15) is 18.2 Å². The summed E-state index contributed by atoms with van der Waals surface area (Å²) in [6.45, 7) is 0.920. The SMILES string of the molecule is OC1CCOCC1c1nc(-c2ncccc2Cl)no1. The molecule has 6 nitrogen and oxygen atoms in total. The number of nitrogens with zero attached hydrogens (tertiary/aromatic N) is 3. The highest BCUT2D eigenvalue weighted by atomic mass is 35.5. The molecule has 2 aromatic rings. The van der Waals surface area contributed by atoms with E-state index in [4.69, 9.17) is 20.9 Å². The van der Waals surface area contributed by atoms with Gasteiger partial charge in [-0.3, -0.25) is 4.98 Å². The van der Waals surface area contributed by atoms with Gasteiger partial charge in [0.05, 0.1) is 23.7 Å². The Hall–Kier alpha value is -1.50. The van der Waals surface area contributed by atoms with Crippen LogP contribution in [0.25, 0.3) is 11.5 Å². The van der Waals surface area contributed by atoms with Gasteiger partial charge in [0, 0.05) is 12.8 Å². The van der Waals surface area contributed by atoms with Gasteiger partial charge in [0.15, 0.2) is 0 Å². The Morgan fingerprint density at radius 2 is 2.32 bits per heavy atom. The number of aromatic nitrogens is 3. The second kappa shape index (κ2) is 5.24. The third-order valence-electron chi connectivity index (χ3n) is 3.05. The van der Waals surface area contributed by atoms with Crippen molar-refractivity contribution in [3.8, 4) is 11.5 Å². The van der Waals surface area contributed by atoms with Crippen LogP contribution in [0, 0.1) is 0 Å². The van der Waals surface area contributed by atoms with Crippen molar-refractivity contribution in [3.63, 3.8) is 0 Å². The molecule has 100 valence electrons. The molecule has 1 aliphatic rings. The van der Waals surface area contributed by atoms with Crippen molar-refractivity contribution in [3.05, 3.63) is 29.2 Å². The summed E-state index contributed by atoms with van der Waals surface area (Å²) in [5.74, 6) is 0.375. The number of hydrogen-bond acceptors (Lipinski definition) is 6. The number of ether oxygens (including phenoxy) is 1. The molecule has 2 atom stereocenters. The molecule has 2 aromatic heterocycles. The number of hydrogen-bond donors (Lipinski definition) is 1. The number of aliphatic hydroxyl groups is 1. The van der Waals surface area contributed by atoms with E-state index in [2.05, 4.69) is 15.1 Å². The summed E-state index contributed by atoms with van der Waals surface area (Å²) in [5.41, 5.74) is 0.463. The third kappa shape index (κ3) is 2.47. The molecule has 0 bridgehead atoms. The molecule has 1 N–H and O–H groups in total. The molecule has 0 amide bonds. The van der Waals surface area contributed by atoms with Crippen LogP contribution in [0.15, 0.2) is 22.9 Å². The summed E-state index contributed by atoms with van der Waals surface area (Å²) in [7, 11) is 0. The fraction of sp³-hybridized carbons (Fsp3) is 0.417. The first-order valence-electron chi connectivity index (χ1n) is 5.96. The van der Waals surface area contributed by atoms with E-state index >= 15 is 0 Å². The second-order valence-electron chi connectivity index (χ2n) is 4.33. The molecular formula is C12H12ClN3O3. The molecule has 3 heterocycles. The zero-order valence-electron chi connectivity index (χ0n) is 9.99. The van der Waals surface area contributed by atoms with Crippen LogP contribution >= 0.6 is 11.6 Å². The number of rotatable bonds is 2. The highest BCUT2D eigenvalue weighted by molar-refractivity contribution is 6.32. The van der Waals surface area contributed by atoms with E-state index in [1.54, 1.807) is 18.3 Å². The summed E-state index contributed by atoms with van der Waals surface area (Å²) < 4.78 is 10.5. The van der Waals surface area contributed by atoms with Crippen molar-refractivity contribution in [2.45, 2.75) is 18.4 Å². The summed E-state index contributed by atoms with van der Waals surface area (Å²) in [6, 6.07) is 3.43. The van der Waals surface area contributed by atoms with Crippen molar-refractivity contribution in [1.82, 2.24) is 15.1 Å². The Morgan fingerprint density at radius 1 is 1.42 bits per heavy atom. The average molecular weight is 282 g/mol. The maximum atomic E-state index is 9.91. The predicted molar refractivity (Wildman–Crippen MR) is 66.7 cm³/mol. The maximum absolute atomic E-state index is 9.91. The third-order valence-corrected chi connectivity index (χ3v) is 3.35. The monoisotopic (exact) mass is 281 g/mol. The van der Waals surface area contributed by atoms with Crippen LogP contribution < -0.4 is 0 Å². The minimum Gasteiger partial charge on any atom is -0.392 e. The summed E-state index contributed by atoms with van der Waals surface area (Å²) in [5, 5.41) is 14.2. The van der Waals surface area contributed by atoms with Gasteiger partial charge in [-0.25, -0.2) is 0 Å². The minimum atomic E-state index is -0.527. The molecule has 1 aliphatic heterocycles. The van der Waals surface area contributed by atoms with Gasteiger partial charge in [-0.2, -0.15) is 4.98 Å². The number of aliphatic hydroxyl groups excluding tert-OH is 1. The van der Waals surface area contributed by atoms with Crippen molar-refractivity contribution < 1.29 is 14.4 Å². The first-order chi connectivity index (χ1) is 9.25. The van der Waals surface area contributed by atoms with Gasteiger partial charge in [-0.15, -0.1) is 0 Å². The van der Waals surface area contributed by atoms with Gasteiger partial charge < -0.3 is 14.4 Å². The summed E-state index contributed by atoms with van der Waals surface area (Å²) >= 11 is 6.02. The van der Waals surface area contributed by atoms with E-state index in [9.17, 15) is 5.11 Å². The molecular weight excluding hydrogens is 270 g/mol. The lowest BCUT2D eigenvalue weighted by Gasteiger charge is -2.24. The van der Waals surface area contributed by atoms with E-state index in [1.807, 2.05) is 0 Å². The van der Waals surface area contributed by atoms with Crippen LogP contribution in [0.4, 0.5) is 0 Å². The lowest BCUT2D eigenvalue weighted by Crippen LogP contribution is -2.30. The molecule has 0 radical (unpaired) electrons. The van der Waals surface area contributed by atoms with E-state index in [-0.39, 0.29) is 5.92 Å². The quantitative estimate of drug-likeness (QED) is 0.901. The van der Waals surface area contributed by atoms with Crippen LogP contribution in [-0.4, -0.2) is 39.5 Å². The summed E-state index contributed by atoms with van der Waals surface area (Å²) in [4.78, 5) is 8.37.